The van der Waals surface area contributed by atoms with Crippen LogP contribution in [-0.2, 0) is 4.79 Å². The van der Waals surface area contributed by atoms with Crippen molar-refractivity contribution in [1.82, 2.24) is 10.3 Å². The highest BCUT2D eigenvalue weighted by Crippen LogP contribution is 2.38. The number of carbonyl (C=O) groups is 1. The minimum atomic E-state index is -0.0746. The molecule has 2 fully saturated rings. The van der Waals surface area contributed by atoms with E-state index in [1.54, 1.807) is 0 Å². The molecule has 0 unspecified atom stereocenters. The van der Waals surface area contributed by atoms with Crippen molar-refractivity contribution in [2.45, 2.75) is 57.6 Å². The quantitative estimate of drug-likeness (QED) is 0.738. The van der Waals surface area contributed by atoms with Crippen LogP contribution in [-0.4, -0.2) is 23.0 Å². The molecule has 1 aromatic carbocycles. The average molecular weight is 413 g/mol. The number of ether oxygens (including phenoxy) is 1. The molecule has 1 saturated heterocycles. The zero-order valence-corrected chi connectivity index (χ0v) is 17.4. The highest BCUT2D eigenvalue weighted by molar-refractivity contribution is 6.32. The van der Waals surface area contributed by atoms with Gasteiger partial charge in [0.15, 0.2) is 0 Å². The third kappa shape index (κ3) is 4.56. The lowest BCUT2D eigenvalue weighted by atomic mass is 9.98. The summed E-state index contributed by atoms with van der Waals surface area (Å²) in [6.07, 6.45) is 5.41. The van der Waals surface area contributed by atoms with E-state index in [2.05, 4.69) is 10.3 Å². The summed E-state index contributed by atoms with van der Waals surface area (Å²) in [7, 11) is 0. The number of hydrogen-bond donors (Lipinski definition) is 2. The molecule has 6 heteroatoms. The Bertz CT molecular complexity index is 1020. The van der Waals surface area contributed by atoms with Crippen molar-refractivity contribution in [3.8, 4) is 5.75 Å². The summed E-state index contributed by atoms with van der Waals surface area (Å²) >= 11 is 6.46. The van der Waals surface area contributed by atoms with Gasteiger partial charge in [0.2, 0.25) is 5.91 Å². The van der Waals surface area contributed by atoms with Gasteiger partial charge in [0.1, 0.15) is 5.75 Å². The smallest absolute Gasteiger partial charge is 0.251 e. The molecule has 1 aliphatic heterocycles. The van der Waals surface area contributed by atoms with Crippen LogP contribution in [0.3, 0.4) is 0 Å². The van der Waals surface area contributed by atoms with Crippen molar-refractivity contribution in [3.63, 3.8) is 0 Å². The Morgan fingerprint density at radius 2 is 1.97 bits per heavy atom. The standard InChI is InChI=1S/C23H25ClN2O3/c1-13(2)29-21-9-5-15(11-19(21)24)18(12-16-6-10-22(27)25-16)20-8-7-17(14-3-4-14)23(28)26-20/h5,7-9,11-14,16H,3-4,6,10H2,1-2H3,(H,25,27)(H,26,28)/b18-12-/t16-/m1/s1. The molecule has 0 radical (unpaired) electrons. The van der Waals surface area contributed by atoms with Crippen LogP contribution in [0.2, 0.25) is 5.02 Å². The average Bonchev–Trinajstić information content (AvgIpc) is 3.42. The summed E-state index contributed by atoms with van der Waals surface area (Å²) in [5, 5.41) is 3.47. The molecule has 1 atom stereocenters. The number of benzene rings is 1. The topological polar surface area (TPSA) is 71.2 Å². The predicted octanol–water partition coefficient (Wildman–Crippen LogP) is 4.40. The number of carbonyl (C=O) groups excluding carboxylic acids is 1. The number of amides is 1. The van der Waals surface area contributed by atoms with E-state index in [0.717, 1.165) is 36.0 Å². The largest absolute Gasteiger partial charge is 0.489 e. The van der Waals surface area contributed by atoms with Crippen LogP contribution in [0.1, 0.15) is 62.3 Å². The summed E-state index contributed by atoms with van der Waals surface area (Å²) < 4.78 is 5.73. The van der Waals surface area contributed by atoms with Gasteiger partial charge >= 0.3 is 0 Å². The van der Waals surface area contributed by atoms with Crippen LogP contribution in [0.15, 0.2) is 41.2 Å². The fourth-order valence-corrected chi connectivity index (χ4v) is 3.91. The molecule has 29 heavy (non-hydrogen) atoms. The van der Waals surface area contributed by atoms with E-state index in [4.69, 9.17) is 16.3 Å². The van der Waals surface area contributed by atoms with Crippen LogP contribution in [0.25, 0.3) is 5.57 Å². The van der Waals surface area contributed by atoms with E-state index < -0.39 is 0 Å². The third-order valence-electron chi connectivity index (χ3n) is 5.25. The molecule has 1 aliphatic carbocycles. The molecule has 2 heterocycles. The number of nitrogens with one attached hydrogen (secondary N) is 2. The van der Waals surface area contributed by atoms with Crippen molar-refractivity contribution in [2.75, 3.05) is 0 Å². The molecule has 152 valence electrons. The number of aromatic amines is 1. The number of hydrogen-bond acceptors (Lipinski definition) is 3. The van der Waals surface area contributed by atoms with Gasteiger partial charge in [0.05, 0.1) is 11.1 Å². The molecule has 2 aliphatic rings. The molecule has 1 saturated carbocycles. The fraction of sp³-hybridized carbons (Fsp3) is 0.391. The van der Waals surface area contributed by atoms with Gasteiger partial charge in [0, 0.05) is 29.3 Å². The molecule has 1 aromatic heterocycles. The zero-order valence-electron chi connectivity index (χ0n) is 16.6. The fourth-order valence-electron chi connectivity index (χ4n) is 3.68. The van der Waals surface area contributed by atoms with Gasteiger partial charge in [-0.05, 0) is 62.8 Å². The van der Waals surface area contributed by atoms with Gasteiger partial charge < -0.3 is 15.0 Å². The second-order valence-corrected chi connectivity index (χ2v) is 8.44. The second-order valence-electron chi connectivity index (χ2n) is 8.04. The first-order valence-electron chi connectivity index (χ1n) is 10.1. The Balaban J connectivity index is 1.74. The van der Waals surface area contributed by atoms with Gasteiger partial charge in [0.25, 0.3) is 5.56 Å². The molecular formula is C23H25ClN2O3. The lowest BCUT2D eigenvalue weighted by Gasteiger charge is -2.15. The third-order valence-corrected chi connectivity index (χ3v) is 5.54. The second kappa shape index (κ2) is 8.07. The van der Waals surface area contributed by atoms with Crippen molar-refractivity contribution < 1.29 is 9.53 Å². The predicted molar refractivity (Wildman–Crippen MR) is 114 cm³/mol. The van der Waals surface area contributed by atoms with E-state index in [9.17, 15) is 9.59 Å². The summed E-state index contributed by atoms with van der Waals surface area (Å²) in [5.74, 6) is 1.05. The maximum Gasteiger partial charge on any atom is 0.251 e. The molecule has 4 rings (SSSR count). The first kappa shape index (κ1) is 19.8. The SMILES string of the molecule is CC(C)Oc1ccc(/C(=C/[C@H]2CCC(=O)N2)c2ccc(C3CC3)c(=O)[nH]2)cc1Cl. The number of H-pyrrole nitrogens is 1. The highest BCUT2D eigenvalue weighted by atomic mass is 35.5. The van der Waals surface area contributed by atoms with Crippen LogP contribution in [0.5, 0.6) is 5.75 Å². The van der Waals surface area contributed by atoms with Crippen molar-refractivity contribution in [3.05, 3.63) is 68.6 Å². The van der Waals surface area contributed by atoms with Crippen LogP contribution >= 0.6 is 11.6 Å². The van der Waals surface area contributed by atoms with Crippen LogP contribution in [0, 0.1) is 0 Å². The highest BCUT2D eigenvalue weighted by Gasteiger charge is 2.27. The number of aromatic nitrogens is 1. The Morgan fingerprint density at radius 1 is 1.17 bits per heavy atom. The van der Waals surface area contributed by atoms with Crippen molar-refractivity contribution in [1.29, 1.82) is 0 Å². The van der Waals surface area contributed by atoms with Crippen molar-refractivity contribution >= 4 is 23.1 Å². The van der Waals surface area contributed by atoms with Crippen LogP contribution < -0.4 is 15.6 Å². The lowest BCUT2D eigenvalue weighted by Crippen LogP contribution is -2.23. The Labute approximate surface area is 175 Å². The summed E-state index contributed by atoms with van der Waals surface area (Å²) in [6.45, 7) is 3.90. The van der Waals surface area contributed by atoms with E-state index in [-0.39, 0.29) is 23.6 Å². The maximum atomic E-state index is 12.6. The molecule has 2 N–H and O–H groups in total. The molecule has 0 bridgehead atoms. The molecule has 0 spiro atoms. The van der Waals surface area contributed by atoms with Gasteiger partial charge in [-0.15, -0.1) is 0 Å². The lowest BCUT2D eigenvalue weighted by molar-refractivity contribution is -0.119. The van der Waals surface area contributed by atoms with Gasteiger partial charge in [-0.25, -0.2) is 0 Å². The molecular weight excluding hydrogens is 388 g/mol. The minimum Gasteiger partial charge on any atom is -0.489 e. The normalized spacial score (nSPS) is 19.5. The molecule has 1 amide bonds. The van der Waals surface area contributed by atoms with Gasteiger partial charge in [-0.3, -0.25) is 9.59 Å². The Morgan fingerprint density at radius 3 is 2.55 bits per heavy atom. The van der Waals surface area contributed by atoms with Gasteiger partial charge in [-0.2, -0.15) is 0 Å². The monoisotopic (exact) mass is 412 g/mol. The maximum absolute atomic E-state index is 12.6. The summed E-state index contributed by atoms with van der Waals surface area (Å²) in [6, 6.07) is 9.41. The summed E-state index contributed by atoms with van der Waals surface area (Å²) in [5.41, 5.74) is 3.23. The van der Waals surface area contributed by atoms with E-state index in [1.165, 1.54) is 0 Å². The van der Waals surface area contributed by atoms with Crippen LogP contribution in [0.4, 0.5) is 0 Å². The summed E-state index contributed by atoms with van der Waals surface area (Å²) in [4.78, 5) is 27.3. The minimum absolute atomic E-state index is 0.0217. The Hall–Kier alpha value is -2.53. The number of pyridine rings is 1. The Kier molecular flexibility index (Phi) is 5.50. The van der Waals surface area contributed by atoms with E-state index in [0.29, 0.717) is 28.8 Å². The van der Waals surface area contributed by atoms with Gasteiger partial charge in [-0.1, -0.05) is 29.8 Å². The number of halogens is 1. The van der Waals surface area contributed by atoms with Crippen molar-refractivity contribution in [2.24, 2.45) is 0 Å². The van der Waals surface area contributed by atoms with E-state index >= 15 is 0 Å². The zero-order chi connectivity index (χ0) is 20.5. The first-order chi connectivity index (χ1) is 13.9. The van der Waals surface area contributed by atoms with E-state index in [1.807, 2.05) is 50.3 Å². The molecule has 5 nitrogen and oxygen atoms in total. The molecule has 2 aromatic rings. The number of rotatable bonds is 6. The first-order valence-corrected chi connectivity index (χ1v) is 10.5.